The summed E-state index contributed by atoms with van der Waals surface area (Å²) in [7, 11) is 3.91. The monoisotopic (exact) mass is 600 g/mol. The van der Waals surface area contributed by atoms with Crippen LogP contribution in [0.25, 0.3) is 0 Å². The Morgan fingerprint density at radius 1 is 0.475 bits per heavy atom. The second-order valence-corrected chi connectivity index (χ2v) is 12.9. The number of carbonyl (C=O) groups is 6. The fraction of sp³-hybridized carbons (Fsp3) is 0.786. The molecular formula is C28H44N2O8S2. The number of amides is 4. The molecule has 0 N–H and O–H groups in total. The van der Waals surface area contributed by atoms with E-state index in [2.05, 4.69) is 0 Å². The van der Waals surface area contributed by atoms with Gasteiger partial charge in [0.1, 0.15) is 0 Å². The molecule has 0 atom stereocenters. The van der Waals surface area contributed by atoms with E-state index in [0.29, 0.717) is 23.0 Å². The zero-order chi connectivity index (χ0) is 29.0. The first kappa shape index (κ1) is 34.1. The number of rotatable bonds is 23. The standard InChI is InChI=1S/C28H44N2O8S2/c31-23-17-18-24(32)29(23)37-27(35)15-11-7-3-1-5-9-13-21-39-40-22-14-10-6-2-4-8-12-16-28(36)38-30-25(33)19-20-26(30)34/h1-22H2. The van der Waals surface area contributed by atoms with Gasteiger partial charge >= 0.3 is 11.9 Å². The fourth-order valence-electron chi connectivity index (χ4n) is 4.36. The molecule has 12 heteroatoms. The molecular weight excluding hydrogens is 556 g/mol. The molecule has 0 aromatic heterocycles. The summed E-state index contributed by atoms with van der Waals surface area (Å²) >= 11 is 0. The van der Waals surface area contributed by atoms with Crippen molar-refractivity contribution >= 4 is 57.2 Å². The van der Waals surface area contributed by atoms with Gasteiger partial charge in [0, 0.05) is 50.0 Å². The van der Waals surface area contributed by atoms with Crippen molar-refractivity contribution in [2.45, 2.75) is 128 Å². The molecule has 0 unspecified atom stereocenters. The molecule has 0 saturated carbocycles. The van der Waals surface area contributed by atoms with Gasteiger partial charge in [0.15, 0.2) is 0 Å². The topological polar surface area (TPSA) is 127 Å². The summed E-state index contributed by atoms with van der Waals surface area (Å²) in [5.41, 5.74) is 0. The number of carbonyl (C=O) groups excluding carboxylic acids is 6. The first-order valence-electron chi connectivity index (χ1n) is 14.8. The molecule has 10 nitrogen and oxygen atoms in total. The lowest BCUT2D eigenvalue weighted by atomic mass is 10.1. The van der Waals surface area contributed by atoms with Crippen LogP contribution in [0.4, 0.5) is 0 Å². The Morgan fingerprint density at radius 2 is 0.750 bits per heavy atom. The number of nitrogens with zero attached hydrogens (tertiary/aromatic N) is 2. The first-order chi connectivity index (χ1) is 19.4. The molecule has 2 heterocycles. The maximum Gasteiger partial charge on any atom is 0.333 e. The highest BCUT2D eigenvalue weighted by molar-refractivity contribution is 8.76. The van der Waals surface area contributed by atoms with Crippen molar-refractivity contribution in [1.82, 2.24) is 10.1 Å². The van der Waals surface area contributed by atoms with Crippen LogP contribution in [0.1, 0.15) is 128 Å². The van der Waals surface area contributed by atoms with Crippen LogP contribution in [0.15, 0.2) is 0 Å². The average molecular weight is 601 g/mol. The molecule has 4 amide bonds. The zero-order valence-corrected chi connectivity index (χ0v) is 25.2. The van der Waals surface area contributed by atoms with Crippen molar-refractivity contribution in [3.63, 3.8) is 0 Å². The number of hydrogen-bond donors (Lipinski definition) is 0. The summed E-state index contributed by atoms with van der Waals surface area (Å²) in [4.78, 5) is 78.9. The lowest BCUT2D eigenvalue weighted by Crippen LogP contribution is -2.31. The van der Waals surface area contributed by atoms with Crippen LogP contribution in [-0.4, -0.2) is 57.2 Å². The molecule has 0 aliphatic carbocycles. The minimum absolute atomic E-state index is 0.118. The van der Waals surface area contributed by atoms with Crippen molar-refractivity contribution in [3.05, 3.63) is 0 Å². The number of hydrogen-bond acceptors (Lipinski definition) is 10. The highest BCUT2D eigenvalue weighted by atomic mass is 33.1. The maximum absolute atomic E-state index is 11.7. The number of hydroxylamine groups is 4. The Balaban J connectivity index is 1.24. The second kappa shape index (κ2) is 20.7. The molecule has 2 aliphatic heterocycles. The molecule has 0 bridgehead atoms. The molecule has 40 heavy (non-hydrogen) atoms. The van der Waals surface area contributed by atoms with Crippen LogP contribution in [0.2, 0.25) is 0 Å². The van der Waals surface area contributed by atoms with E-state index in [9.17, 15) is 28.8 Å². The largest absolute Gasteiger partial charge is 0.333 e. The fourth-order valence-corrected chi connectivity index (χ4v) is 6.65. The minimum atomic E-state index is -0.510. The van der Waals surface area contributed by atoms with Crippen molar-refractivity contribution in [1.29, 1.82) is 0 Å². The summed E-state index contributed by atoms with van der Waals surface area (Å²) in [5.74, 6) is -0.420. The molecule has 0 radical (unpaired) electrons. The van der Waals surface area contributed by atoms with Crippen LogP contribution < -0.4 is 0 Å². The van der Waals surface area contributed by atoms with Crippen molar-refractivity contribution < 1.29 is 38.4 Å². The average Bonchev–Trinajstić information content (AvgIpc) is 3.42. The van der Waals surface area contributed by atoms with Crippen molar-refractivity contribution in [2.24, 2.45) is 0 Å². The van der Waals surface area contributed by atoms with Crippen LogP contribution in [0.5, 0.6) is 0 Å². The van der Waals surface area contributed by atoms with E-state index in [1.165, 1.54) is 50.0 Å². The van der Waals surface area contributed by atoms with Crippen LogP contribution >= 0.6 is 21.6 Å². The SMILES string of the molecule is O=C(CCCCCCCCCSSCCCCCCCCCC(=O)ON1C(=O)CCC1=O)ON1C(=O)CCC1=O. The second-order valence-electron chi connectivity index (χ2n) is 10.2. The maximum atomic E-state index is 11.7. The van der Waals surface area contributed by atoms with Gasteiger partial charge < -0.3 is 9.68 Å². The van der Waals surface area contributed by atoms with Gasteiger partial charge in [-0.15, -0.1) is 10.1 Å². The van der Waals surface area contributed by atoms with Gasteiger partial charge in [0.05, 0.1) is 0 Å². The third-order valence-electron chi connectivity index (χ3n) is 6.70. The third kappa shape index (κ3) is 14.5. The summed E-state index contributed by atoms with van der Waals surface area (Å²) in [6, 6.07) is 0. The highest BCUT2D eigenvalue weighted by Crippen LogP contribution is 2.25. The predicted molar refractivity (Wildman–Crippen MR) is 153 cm³/mol. The lowest BCUT2D eigenvalue weighted by molar-refractivity contribution is -0.197. The number of imide groups is 2. The molecule has 2 saturated heterocycles. The Labute approximate surface area is 245 Å². The number of unbranched alkanes of at least 4 members (excludes halogenated alkanes) is 12. The molecule has 0 spiro atoms. The van der Waals surface area contributed by atoms with E-state index in [-0.39, 0.29) is 38.5 Å². The van der Waals surface area contributed by atoms with Crippen molar-refractivity contribution in [3.8, 4) is 0 Å². The highest BCUT2D eigenvalue weighted by Gasteiger charge is 2.33. The normalized spacial score (nSPS) is 15.4. The van der Waals surface area contributed by atoms with Gasteiger partial charge in [-0.3, -0.25) is 19.2 Å². The van der Waals surface area contributed by atoms with Crippen LogP contribution in [0, 0.1) is 0 Å². The predicted octanol–water partition coefficient (Wildman–Crippen LogP) is 5.82. The van der Waals surface area contributed by atoms with Gasteiger partial charge in [-0.25, -0.2) is 9.59 Å². The van der Waals surface area contributed by atoms with E-state index in [1.807, 2.05) is 21.6 Å². The zero-order valence-electron chi connectivity index (χ0n) is 23.5. The van der Waals surface area contributed by atoms with Crippen LogP contribution in [0.3, 0.4) is 0 Å². The van der Waals surface area contributed by atoms with E-state index >= 15 is 0 Å². The quantitative estimate of drug-likeness (QED) is 0.0803. The minimum Gasteiger partial charge on any atom is -0.330 e. The Bertz CT molecular complexity index is 754. The molecule has 2 fully saturated rings. The third-order valence-corrected chi connectivity index (χ3v) is 9.28. The van der Waals surface area contributed by atoms with Gasteiger partial charge in [-0.05, 0) is 25.7 Å². The Hall–Kier alpha value is -2.08. The first-order valence-corrected chi connectivity index (χ1v) is 17.2. The Morgan fingerprint density at radius 3 is 1.07 bits per heavy atom. The van der Waals surface area contributed by atoms with E-state index in [1.54, 1.807) is 0 Å². The summed E-state index contributed by atoms with van der Waals surface area (Å²) < 4.78 is 0. The molecule has 0 aromatic carbocycles. The van der Waals surface area contributed by atoms with Gasteiger partial charge in [-0.2, -0.15) is 0 Å². The summed E-state index contributed by atoms with van der Waals surface area (Å²) in [6.07, 6.45) is 16.0. The van der Waals surface area contributed by atoms with E-state index in [4.69, 9.17) is 9.68 Å². The summed E-state index contributed by atoms with van der Waals surface area (Å²) in [5, 5.41) is 1.23. The van der Waals surface area contributed by atoms with Gasteiger partial charge in [0.25, 0.3) is 23.6 Å². The molecule has 2 rings (SSSR count). The van der Waals surface area contributed by atoms with Crippen LogP contribution in [-0.2, 0) is 38.4 Å². The lowest BCUT2D eigenvalue weighted by Gasteiger charge is -2.12. The van der Waals surface area contributed by atoms with Gasteiger partial charge in [-0.1, -0.05) is 85.8 Å². The molecule has 2 aliphatic rings. The van der Waals surface area contributed by atoms with E-state index < -0.39 is 35.6 Å². The van der Waals surface area contributed by atoms with Gasteiger partial charge in [0.2, 0.25) is 0 Å². The smallest absolute Gasteiger partial charge is 0.330 e. The van der Waals surface area contributed by atoms with E-state index in [0.717, 1.165) is 38.5 Å². The molecule has 0 aromatic rings. The molecule has 226 valence electrons. The Kier molecular flexibility index (Phi) is 17.7. The van der Waals surface area contributed by atoms with Crippen molar-refractivity contribution in [2.75, 3.05) is 11.5 Å². The summed E-state index contributed by atoms with van der Waals surface area (Å²) in [6.45, 7) is 0.